The van der Waals surface area contributed by atoms with Crippen LogP contribution in [0.25, 0.3) is 10.9 Å². The van der Waals surface area contributed by atoms with Crippen LogP contribution in [0.5, 0.6) is 5.75 Å². The Morgan fingerprint density at radius 3 is 2.57 bits per heavy atom. The fourth-order valence-electron chi connectivity index (χ4n) is 3.02. The minimum Gasteiger partial charge on any atom is -0.479 e. The van der Waals surface area contributed by atoms with Gasteiger partial charge >= 0.3 is 0 Å². The zero-order valence-electron chi connectivity index (χ0n) is 18.9. The number of rotatable bonds is 9. The van der Waals surface area contributed by atoms with Gasteiger partial charge in [-0.1, -0.05) is 11.6 Å². The first-order valence-corrected chi connectivity index (χ1v) is 12.7. The standard InChI is InChI=1S/C22H23ClF3N5O3S/c1-11(20(25)26)29-22(32)12(2)34-18-7-13(24)5-6-16(18)30-21-19-15(23)8-14(31-35(3,4)33)9-17(19)27-10-28-21/h5-12,20H,3H2,1-2,4H3,(H,29,32)(H,31,33)(H,27,28,30)/t11?,12-,35?/m1/s1. The highest BCUT2D eigenvalue weighted by molar-refractivity contribution is 8.00. The van der Waals surface area contributed by atoms with E-state index in [4.69, 9.17) is 16.3 Å². The number of hydrogen-bond donors (Lipinski definition) is 3. The van der Waals surface area contributed by atoms with Crippen molar-refractivity contribution in [2.75, 3.05) is 16.3 Å². The minimum absolute atomic E-state index is 0.0544. The molecule has 1 aromatic heterocycles. The molecule has 0 bridgehead atoms. The molecule has 1 heterocycles. The molecule has 8 nitrogen and oxygen atoms in total. The molecular weight excluding hydrogens is 507 g/mol. The summed E-state index contributed by atoms with van der Waals surface area (Å²) in [7, 11) is -2.56. The monoisotopic (exact) mass is 529 g/mol. The summed E-state index contributed by atoms with van der Waals surface area (Å²) >= 11 is 6.45. The summed E-state index contributed by atoms with van der Waals surface area (Å²) in [5.41, 5.74) is 1.10. The number of anilines is 3. The van der Waals surface area contributed by atoms with Crippen molar-refractivity contribution in [2.24, 2.45) is 0 Å². The van der Waals surface area contributed by atoms with Crippen LogP contribution in [0.15, 0.2) is 36.7 Å². The molecule has 0 saturated heterocycles. The lowest BCUT2D eigenvalue weighted by Gasteiger charge is -2.20. The van der Waals surface area contributed by atoms with Gasteiger partial charge in [0.2, 0.25) is 0 Å². The number of hydrogen-bond acceptors (Lipinski definition) is 6. The molecule has 0 fully saturated rings. The van der Waals surface area contributed by atoms with Crippen LogP contribution in [0.1, 0.15) is 13.8 Å². The second-order valence-electron chi connectivity index (χ2n) is 7.84. The number of amides is 1. The van der Waals surface area contributed by atoms with E-state index in [0.29, 0.717) is 16.6 Å². The maximum Gasteiger partial charge on any atom is 0.261 e. The van der Waals surface area contributed by atoms with Gasteiger partial charge in [-0.25, -0.2) is 27.3 Å². The molecule has 13 heteroatoms. The lowest BCUT2D eigenvalue weighted by Crippen LogP contribution is -2.44. The number of benzene rings is 2. The van der Waals surface area contributed by atoms with Crippen LogP contribution in [0, 0.1) is 5.82 Å². The first-order chi connectivity index (χ1) is 16.3. The number of ether oxygens (including phenoxy) is 1. The Hall–Kier alpha value is -3.25. The van der Waals surface area contributed by atoms with Gasteiger partial charge in [-0.2, -0.15) is 0 Å². The number of nitrogens with zero attached hydrogens (tertiary/aromatic N) is 2. The number of fused-ring (bicyclic) bond motifs is 1. The van der Waals surface area contributed by atoms with Gasteiger partial charge in [0.05, 0.1) is 27.7 Å². The van der Waals surface area contributed by atoms with Crippen molar-refractivity contribution in [2.45, 2.75) is 32.4 Å². The van der Waals surface area contributed by atoms with Crippen molar-refractivity contribution in [3.63, 3.8) is 0 Å². The van der Waals surface area contributed by atoms with E-state index in [2.05, 4.69) is 31.2 Å². The summed E-state index contributed by atoms with van der Waals surface area (Å²) in [4.78, 5) is 20.6. The quantitative estimate of drug-likeness (QED) is 0.355. The van der Waals surface area contributed by atoms with E-state index in [9.17, 15) is 22.2 Å². The highest BCUT2D eigenvalue weighted by atomic mass is 35.5. The van der Waals surface area contributed by atoms with E-state index in [1.54, 1.807) is 6.07 Å². The third-order valence-corrected chi connectivity index (χ3v) is 5.61. The maximum absolute atomic E-state index is 14.0. The molecule has 35 heavy (non-hydrogen) atoms. The smallest absolute Gasteiger partial charge is 0.261 e. The molecule has 0 aliphatic heterocycles. The number of halogens is 4. The van der Waals surface area contributed by atoms with Crippen LogP contribution in [-0.4, -0.2) is 50.8 Å². The Balaban J connectivity index is 1.92. The van der Waals surface area contributed by atoms with Gasteiger partial charge in [-0.15, -0.1) is 0 Å². The Bertz CT molecular complexity index is 1360. The number of aromatic nitrogens is 2. The number of nitrogens with one attached hydrogen (secondary N) is 3. The van der Waals surface area contributed by atoms with E-state index < -0.39 is 40.0 Å². The largest absolute Gasteiger partial charge is 0.479 e. The zero-order chi connectivity index (χ0) is 25.9. The minimum atomic E-state index is -2.75. The second-order valence-corrected chi connectivity index (χ2v) is 10.5. The van der Waals surface area contributed by atoms with E-state index in [0.717, 1.165) is 19.1 Å². The van der Waals surface area contributed by atoms with Gasteiger partial charge in [0.1, 0.15) is 23.7 Å². The molecule has 0 spiro atoms. The summed E-state index contributed by atoms with van der Waals surface area (Å²) in [6.45, 7) is 2.51. The second kappa shape index (κ2) is 10.6. The predicted molar refractivity (Wildman–Crippen MR) is 133 cm³/mol. The summed E-state index contributed by atoms with van der Waals surface area (Å²) in [6.07, 6.45) is -1.25. The molecule has 3 N–H and O–H groups in total. The van der Waals surface area contributed by atoms with Gasteiger partial charge < -0.3 is 20.1 Å². The van der Waals surface area contributed by atoms with Gasteiger partial charge in [0.15, 0.2) is 6.10 Å². The first kappa shape index (κ1) is 26.4. The normalized spacial score (nSPS) is 14.7. The fourth-order valence-corrected chi connectivity index (χ4v) is 3.94. The average Bonchev–Trinajstić information content (AvgIpc) is 2.74. The topological polar surface area (TPSA) is 105 Å². The number of carbonyl (C=O) groups is 1. The molecule has 3 atom stereocenters. The van der Waals surface area contributed by atoms with Crippen molar-refractivity contribution >= 4 is 61.2 Å². The van der Waals surface area contributed by atoms with Crippen molar-refractivity contribution in [1.82, 2.24) is 15.3 Å². The molecule has 0 aliphatic carbocycles. The van der Waals surface area contributed by atoms with Crippen molar-refractivity contribution in [3.8, 4) is 5.75 Å². The van der Waals surface area contributed by atoms with Crippen LogP contribution >= 0.6 is 11.6 Å². The van der Waals surface area contributed by atoms with Crippen LogP contribution in [0.3, 0.4) is 0 Å². The highest BCUT2D eigenvalue weighted by Gasteiger charge is 2.23. The van der Waals surface area contributed by atoms with E-state index in [1.807, 2.05) is 0 Å². The molecule has 3 rings (SSSR count). The third kappa shape index (κ3) is 6.89. The van der Waals surface area contributed by atoms with E-state index >= 15 is 0 Å². The summed E-state index contributed by atoms with van der Waals surface area (Å²) in [5.74, 6) is 2.31. The lowest BCUT2D eigenvalue weighted by molar-refractivity contribution is -0.129. The zero-order valence-corrected chi connectivity index (χ0v) is 20.5. The SMILES string of the molecule is C=S(C)(=O)Nc1cc(Cl)c2c(Nc3ccc(F)cc3O[C@H](C)C(=O)NC(C)C(F)F)ncnc2c1. The number of alkyl halides is 2. The molecule has 2 unspecified atom stereocenters. The highest BCUT2D eigenvalue weighted by Crippen LogP contribution is 2.35. The Morgan fingerprint density at radius 2 is 1.91 bits per heavy atom. The number of carbonyl (C=O) groups excluding carboxylic acids is 1. The van der Waals surface area contributed by atoms with Crippen molar-refractivity contribution < 1.29 is 26.9 Å². The Labute approximate surface area is 205 Å². The van der Waals surface area contributed by atoms with Crippen LogP contribution in [0.2, 0.25) is 5.02 Å². The summed E-state index contributed by atoms with van der Waals surface area (Å²) < 4.78 is 59.8. The molecule has 2 aromatic carbocycles. The maximum atomic E-state index is 14.0. The van der Waals surface area contributed by atoms with Crippen LogP contribution in [-0.2, 0) is 14.5 Å². The molecule has 0 aliphatic rings. The third-order valence-electron chi connectivity index (χ3n) is 4.64. The van der Waals surface area contributed by atoms with Crippen LogP contribution in [0.4, 0.5) is 30.4 Å². The Kier molecular flexibility index (Phi) is 7.96. The molecule has 1 amide bonds. The summed E-state index contributed by atoms with van der Waals surface area (Å²) in [6, 6.07) is 5.34. The first-order valence-electron chi connectivity index (χ1n) is 10.2. The van der Waals surface area contributed by atoms with Crippen molar-refractivity contribution in [1.29, 1.82) is 0 Å². The van der Waals surface area contributed by atoms with E-state index in [1.165, 1.54) is 31.6 Å². The van der Waals surface area contributed by atoms with Gasteiger partial charge in [0.25, 0.3) is 12.3 Å². The van der Waals surface area contributed by atoms with Gasteiger partial charge in [-0.3, -0.25) is 4.79 Å². The fraction of sp³-hybridized carbons (Fsp3) is 0.273. The van der Waals surface area contributed by atoms with Gasteiger partial charge in [0, 0.05) is 27.7 Å². The molecular formula is C22H23ClF3N5O3S. The summed E-state index contributed by atoms with van der Waals surface area (Å²) in [5, 5.41) is 5.77. The molecule has 3 aromatic rings. The molecule has 188 valence electrons. The molecule has 0 radical (unpaired) electrons. The van der Waals surface area contributed by atoms with E-state index in [-0.39, 0.29) is 22.3 Å². The lowest BCUT2D eigenvalue weighted by atomic mass is 10.2. The van der Waals surface area contributed by atoms with Crippen molar-refractivity contribution in [3.05, 3.63) is 47.5 Å². The average molecular weight is 530 g/mol. The Morgan fingerprint density at radius 1 is 1.20 bits per heavy atom. The molecule has 0 saturated carbocycles. The predicted octanol–water partition coefficient (Wildman–Crippen LogP) is 4.38. The van der Waals surface area contributed by atoms with Gasteiger partial charge in [-0.05, 0) is 44.0 Å². The van der Waals surface area contributed by atoms with Crippen LogP contribution < -0.4 is 20.1 Å².